The molecule has 0 saturated heterocycles. The van der Waals surface area contributed by atoms with Crippen LogP contribution in [0.25, 0.3) is 10.8 Å². The average Bonchev–Trinajstić information content (AvgIpc) is 2.66. The first-order valence-corrected chi connectivity index (χ1v) is 7.84. The summed E-state index contributed by atoms with van der Waals surface area (Å²) in [5, 5.41) is 10.4. The van der Waals surface area contributed by atoms with Crippen LogP contribution in [0.2, 0.25) is 0 Å². The summed E-state index contributed by atoms with van der Waals surface area (Å²) >= 11 is 0. The van der Waals surface area contributed by atoms with Gasteiger partial charge in [0, 0.05) is 10.9 Å². The van der Waals surface area contributed by atoms with Crippen LogP contribution in [0.5, 0.6) is 5.75 Å². The zero-order valence-electron chi connectivity index (χ0n) is 13.7. The monoisotopic (exact) mass is 347 g/mol. The van der Waals surface area contributed by atoms with Crippen LogP contribution in [0, 0.1) is 0 Å². The summed E-state index contributed by atoms with van der Waals surface area (Å²) in [5.74, 6) is -1.47. The number of benzene rings is 3. The summed E-state index contributed by atoms with van der Waals surface area (Å²) in [6.45, 7) is 0. The van der Waals surface area contributed by atoms with Gasteiger partial charge in [0.15, 0.2) is 0 Å². The molecule has 0 bridgehead atoms. The van der Waals surface area contributed by atoms with Crippen molar-refractivity contribution in [3.05, 3.63) is 71.3 Å². The summed E-state index contributed by atoms with van der Waals surface area (Å²) in [6.07, 6.45) is 0. The number of aromatic carboxylic acids is 1. The predicted molar refractivity (Wildman–Crippen MR) is 95.0 cm³/mol. The maximum absolute atomic E-state index is 13.0. The molecule has 0 aliphatic carbocycles. The van der Waals surface area contributed by atoms with Gasteiger partial charge in [-0.3, -0.25) is 9.59 Å². The zero-order chi connectivity index (χ0) is 18.4. The second kappa shape index (κ2) is 5.70. The fourth-order valence-electron chi connectivity index (χ4n) is 3.19. The number of nitrogens with zero attached hydrogens (tertiary/aromatic N) is 1. The van der Waals surface area contributed by atoms with Crippen molar-refractivity contribution in [1.29, 1.82) is 0 Å². The number of carboxylic acids is 1. The van der Waals surface area contributed by atoms with Crippen LogP contribution in [0.1, 0.15) is 31.1 Å². The Bertz CT molecular complexity index is 1090. The van der Waals surface area contributed by atoms with E-state index in [2.05, 4.69) is 0 Å². The Morgan fingerprint density at radius 1 is 0.962 bits per heavy atom. The molecule has 26 heavy (non-hydrogen) atoms. The van der Waals surface area contributed by atoms with Gasteiger partial charge in [-0.25, -0.2) is 9.69 Å². The quantitative estimate of drug-likeness (QED) is 0.735. The molecular formula is C20H13NO5. The Kier molecular flexibility index (Phi) is 3.47. The van der Waals surface area contributed by atoms with E-state index in [1.807, 2.05) is 6.07 Å². The van der Waals surface area contributed by atoms with Crippen LogP contribution < -0.4 is 9.64 Å². The minimum absolute atomic E-state index is 0.0785. The van der Waals surface area contributed by atoms with Crippen molar-refractivity contribution in [2.75, 3.05) is 12.0 Å². The Morgan fingerprint density at radius 3 is 2.31 bits per heavy atom. The van der Waals surface area contributed by atoms with E-state index in [1.54, 1.807) is 24.3 Å². The van der Waals surface area contributed by atoms with Gasteiger partial charge in [0.25, 0.3) is 11.8 Å². The van der Waals surface area contributed by atoms with Gasteiger partial charge < -0.3 is 9.84 Å². The molecule has 128 valence electrons. The summed E-state index contributed by atoms with van der Waals surface area (Å²) in [7, 11) is 1.51. The zero-order valence-corrected chi connectivity index (χ0v) is 13.7. The van der Waals surface area contributed by atoms with Gasteiger partial charge in [-0.1, -0.05) is 12.1 Å². The second-order valence-corrected chi connectivity index (χ2v) is 5.88. The van der Waals surface area contributed by atoms with E-state index < -0.39 is 17.8 Å². The van der Waals surface area contributed by atoms with Crippen LogP contribution in [0.4, 0.5) is 5.69 Å². The highest BCUT2D eigenvalue weighted by Gasteiger charge is 2.34. The molecule has 1 heterocycles. The number of amides is 2. The number of hydrogen-bond donors (Lipinski definition) is 1. The lowest BCUT2D eigenvalue weighted by Crippen LogP contribution is -2.40. The van der Waals surface area contributed by atoms with Gasteiger partial charge >= 0.3 is 5.97 Å². The fourth-order valence-corrected chi connectivity index (χ4v) is 3.19. The number of ether oxygens (including phenoxy) is 1. The lowest BCUT2D eigenvalue weighted by Gasteiger charge is -2.27. The molecule has 3 aromatic rings. The molecule has 6 heteroatoms. The van der Waals surface area contributed by atoms with Crippen molar-refractivity contribution >= 4 is 34.2 Å². The molecule has 0 fully saturated rings. The summed E-state index contributed by atoms with van der Waals surface area (Å²) in [6, 6.07) is 14.3. The van der Waals surface area contributed by atoms with E-state index in [0.29, 0.717) is 28.0 Å². The standard InChI is InChI=1S/C20H13NO5/c1-26-14-9-12-3-2-4-15-17(12)16(10-14)19(23)21(18(15)22)13-7-5-11(6-8-13)20(24)25/h2-10H,1H3,(H,24,25). The second-order valence-electron chi connectivity index (χ2n) is 5.88. The first-order chi connectivity index (χ1) is 12.5. The molecule has 1 aliphatic rings. The highest BCUT2D eigenvalue weighted by molar-refractivity contribution is 6.36. The molecule has 1 aliphatic heterocycles. The predicted octanol–water partition coefficient (Wildman–Crippen LogP) is 3.35. The van der Waals surface area contributed by atoms with E-state index in [0.717, 1.165) is 10.3 Å². The van der Waals surface area contributed by atoms with Gasteiger partial charge in [0.05, 0.1) is 23.9 Å². The smallest absolute Gasteiger partial charge is 0.335 e. The fraction of sp³-hybridized carbons (Fsp3) is 0.0500. The highest BCUT2D eigenvalue weighted by Crippen LogP contribution is 2.35. The molecule has 0 radical (unpaired) electrons. The van der Waals surface area contributed by atoms with Crippen LogP contribution in [-0.2, 0) is 0 Å². The number of imide groups is 1. The molecule has 0 spiro atoms. The van der Waals surface area contributed by atoms with Gasteiger partial charge in [0.2, 0.25) is 0 Å². The van der Waals surface area contributed by atoms with Crippen molar-refractivity contribution in [2.24, 2.45) is 0 Å². The molecule has 4 rings (SSSR count). The van der Waals surface area contributed by atoms with Crippen LogP contribution >= 0.6 is 0 Å². The Labute approximate surface area is 148 Å². The van der Waals surface area contributed by atoms with Gasteiger partial charge in [0.1, 0.15) is 5.75 Å². The van der Waals surface area contributed by atoms with Crippen molar-refractivity contribution in [3.8, 4) is 5.75 Å². The minimum Gasteiger partial charge on any atom is -0.497 e. The number of hydrogen-bond acceptors (Lipinski definition) is 4. The summed E-state index contributed by atoms with van der Waals surface area (Å²) in [5.41, 5.74) is 1.18. The number of anilines is 1. The SMILES string of the molecule is COc1cc2c3c(cccc3c1)C(=O)N(c1ccc(C(=O)O)cc1)C2=O. The number of methoxy groups -OCH3 is 1. The lowest BCUT2D eigenvalue weighted by atomic mass is 9.93. The third-order valence-corrected chi connectivity index (χ3v) is 4.43. The Balaban J connectivity index is 1.91. The van der Waals surface area contributed by atoms with Crippen LogP contribution in [0.3, 0.4) is 0 Å². The molecule has 2 amide bonds. The summed E-state index contributed by atoms with van der Waals surface area (Å²) < 4.78 is 5.27. The molecular weight excluding hydrogens is 334 g/mol. The minimum atomic E-state index is -1.08. The van der Waals surface area contributed by atoms with Crippen molar-refractivity contribution in [1.82, 2.24) is 0 Å². The third-order valence-electron chi connectivity index (χ3n) is 4.43. The van der Waals surface area contributed by atoms with Crippen LogP contribution in [0.15, 0.2) is 54.6 Å². The molecule has 0 unspecified atom stereocenters. The van der Waals surface area contributed by atoms with Gasteiger partial charge in [-0.2, -0.15) is 0 Å². The van der Waals surface area contributed by atoms with E-state index in [4.69, 9.17) is 9.84 Å². The van der Waals surface area contributed by atoms with E-state index in [-0.39, 0.29) is 5.56 Å². The number of carbonyl (C=O) groups excluding carboxylic acids is 2. The Hall–Kier alpha value is -3.67. The lowest BCUT2D eigenvalue weighted by molar-refractivity contribution is 0.0696. The van der Waals surface area contributed by atoms with Crippen molar-refractivity contribution < 1.29 is 24.2 Å². The molecule has 1 N–H and O–H groups in total. The van der Waals surface area contributed by atoms with E-state index in [9.17, 15) is 14.4 Å². The van der Waals surface area contributed by atoms with E-state index >= 15 is 0 Å². The molecule has 0 atom stereocenters. The molecule has 0 aromatic heterocycles. The van der Waals surface area contributed by atoms with Crippen molar-refractivity contribution in [2.45, 2.75) is 0 Å². The third kappa shape index (κ3) is 2.23. The van der Waals surface area contributed by atoms with Gasteiger partial charge in [-0.05, 0) is 47.9 Å². The number of carboxylic acid groups (broad SMARTS) is 1. The highest BCUT2D eigenvalue weighted by atomic mass is 16.5. The first-order valence-electron chi connectivity index (χ1n) is 7.84. The summed E-state index contributed by atoms with van der Waals surface area (Å²) in [4.78, 5) is 38.1. The molecule has 0 saturated carbocycles. The largest absolute Gasteiger partial charge is 0.497 e. The topological polar surface area (TPSA) is 83.9 Å². The maximum Gasteiger partial charge on any atom is 0.335 e. The van der Waals surface area contributed by atoms with Crippen molar-refractivity contribution in [3.63, 3.8) is 0 Å². The van der Waals surface area contributed by atoms with Gasteiger partial charge in [-0.15, -0.1) is 0 Å². The number of rotatable bonds is 3. The molecule has 3 aromatic carbocycles. The maximum atomic E-state index is 13.0. The molecule has 6 nitrogen and oxygen atoms in total. The average molecular weight is 347 g/mol. The number of carbonyl (C=O) groups is 3. The Morgan fingerprint density at radius 2 is 1.65 bits per heavy atom. The van der Waals surface area contributed by atoms with Crippen LogP contribution in [-0.4, -0.2) is 30.0 Å². The first kappa shape index (κ1) is 15.8. The van der Waals surface area contributed by atoms with E-state index in [1.165, 1.54) is 31.4 Å². The normalized spacial score (nSPS) is 13.2.